The molecule has 1 aromatic carbocycles. The molecule has 0 aliphatic carbocycles. The van der Waals surface area contributed by atoms with Crippen LogP contribution in [0, 0.1) is 6.92 Å². The molecule has 1 aliphatic heterocycles. The molecule has 1 amide bonds. The Morgan fingerprint density at radius 2 is 1.96 bits per heavy atom. The average molecular weight is 390 g/mol. The summed E-state index contributed by atoms with van der Waals surface area (Å²) in [6.07, 6.45) is 1.79. The highest BCUT2D eigenvalue weighted by Gasteiger charge is 2.27. The van der Waals surface area contributed by atoms with Crippen LogP contribution in [0.3, 0.4) is 0 Å². The maximum absolute atomic E-state index is 12.8. The third-order valence-electron chi connectivity index (χ3n) is 4.53. The molecule has 2 N–H and O–H groups in total. The van der Waals surface area contributed by atoms with E-state index in [4.69, 9.17) is 5.73 Å². The number of likely N-dealkylation sites (tertiary alicyclic amines) is 1. The lowest BCUT2D eigenvalue weighted by molar-refractivity contribution is 0.0708. The van der Waals surface area contributed by atoms with Crippen molar-refractivity contribution in [2.45, 2.75) is 44.6 Å². The van der Waals surface area contributed by atoms with Gasteiger partial charge in [0.15, 0.2) is 0 Å². The second-order valence-electron chi connectivity index (χ2n) is 6.22. The number of carbonyl (C=O) groups excluding carboxylic acids is 1. The van der Waals surface area contributed by atoms with Crippen LogP contribution in [-0.2, 0) is 10.0 Å². The van der Waals surface area contributed by atoms with Gasteiger partial charge in [0.1, 0.15) is 0 Å². The van der Waals surface area contributed by atoms with Crippen molar-refractivity contribution in [2.24, 2.45) is 5.73 Å². The first kappa shape index (κ1) is 21.9. The minimum Gasteiger partial charge on any atom is -0.337 e. The number of sulfonamides is 1. The summed E-state index contributed by atoms with van der Waals surface area (Å²) in [5.41, 5.74) is 7.18. The van der Waals surface area contributed by atoms with Crippen LogP contribution in [0.2, 0.25) is 0 Å². The Morgan fingerprint density at radius 3 is 2.52 bits per heavy atom. The van der Waals surface area contributed by atoms with Crippen LogP contribution >= 0.6 is 12.4 Å². The lowest BCUT2D eigenvalue weighted by atomic mass is 10.0. The Hall–Kier alpha value is -1.15. The van der Waals surface area contributed by atoms with Gasteiger partial charge in [-0.3, -0.25) is 4.79 Å². The summed E-state index contributed by atoms with van der Waals surface area (Å²) in [5, 5.41) is 0. The molecule has 1 atom stereocenters. The monoisotopic (exact) mass is 389 g/mol. The van der Waals surface area contributed by atoms with Crippen molar-refractivity contribution >= 4 is 28.3 Å². The highest BCUT2D eigenvalue weighted by atomic mass is 35.5. The highest BCUT2D eigenvalue weighted by molar-refractivity contribution is 7.89. The molecule has 6 nitrogen and oxygen atoms in total. The van der Waals surface area contributed by atoms with Gasteiger partial charge in [-0.1, -0.05) is 19.9 Å². The molecule has 25 heavy (non-hydrogen) atoms. The third kappa shape index (κ3) is 4.73. The van der Waals surface area contributed by atoms with Crippen LogP contribution in [-0.4, -0.2) is 55.8 Å². The van der Waals surface area contributed by atoms with E-state index in [2.05, 4.69) is 0 Å². The van der Waals surface area contributed by atoms with Gasteiger partial charge in [-0.05, 0) is 37.5 Å². The summed E-state index contributed by atoms with van der Waals surface area (Å²) in [4.78, 5) is 14.7. The van der Waals surface area contributed by atoms with Crippen molar-refractivity contribution < 1.29 is 13.2 Å². The molecule has 0 spiro atoms. The van der Waals surface area contributed by atoms with Crippen molar-refractivity contribution in [1.29, 1.82) is 0 Å². The fourth-order valence-electron chi connectivity index (χ4n) is 3.07. The highest BCUT2D eigenvalue weighted by Crippen LogP contribution is 2.22. The Bertz CT molecular complexity index is 705. The zero-order valence-electron chi connectivity index (χ0n) is 15.1. The number of rotatable bonds is 5. The van der Waals surface area contributed by atoms with Gasteiger partial charge >= 0.3 is 0 Å². The van der Waals surface area contributed by atoms with Gasteiger partial charge in [0.25, 0.3) is 5.91 Å². The number of hydrogen-bond acceptors (Lipinski definition) is 4. The van der Waals surface area contributed by atoms with Crippen molar-refractivity contribution in [3.8, 4) is 0 Å². The van der Waals surface area contributed by atoms with E-state index in [1.54, 1.807) is 30.9 Å². The third-order valence-corrected chi connectivity index (χ3v) is 6.57. The Morgan fingerprint density at radius 1 is 1.32 bits per heavy atom. The lowest BCUT2D eigenvalue weighted by Gasteiger charge is -2.31. The van der Waals surface area contributed by atoms with Gasteiger partial charge in [0.05, 0.1) is 4.90 Å². The second-order valence-corrected chi connectivity index (χ2v) is 8.16. The van der Waals surface area contributed by atoms with Crippen molar-refractivity contribution in [1.82, 2.24) is 9.21 Å². The van der Waals surface area contributed by atoms with E-state index < -0.39 is 10.0 Å². The number of halogens is 1. The molecule has 1 fully saturated rings. The zero-order chi connectivity index (χ0) is 17.9. The number of aryl methyl sites for hydroxylation is 1. The predicted octanol–water partition coefficient (Wildman–Crippen LogP) is 2.01. The molecular formula is C17H28ClN3O3S. The van der Waals surface area contributed by atoms with Crippen molar-refractivity contribution in [3.63, 3.8) is 0 Å². The Kier molecular flexibility index (Phi) is 7.87. The predicted molar refractivity (Wildman–Crippen MR) is 102 cm³/mol. The summed E-state index contributed by atoms with van der Waals surface area (Å²) in [6.45, 7) is 7.41. The molecule has 1 heterocycles. The summed E-state index contributed by atoms with van der Waals surface area (Å²) in [5.74, 6) is -0.140. The first-order chi connectivity index (χ1) is 11.3. The molecule has 0 bridgehead atoms. The van der Waals surface area contributed by atoms with Crippen LogP contribution in [0.1, 0.15) is 42.6 Å². The summed E-state index contributed by atoms with van der Waals surface area (Å²) in [6, 6.07) is 4.77. The van der Waals surface area contributed by atoms with E-state index in [1.807, 2.05) is 6.92 Å². The molecule has 1 saturated heterocycles. The second kappa shape index (κ2) is 8.98. The molecule has 1 aliphatic rings. The van der Waals surface area contributed by atoms with Gasteiger partial charge in [0, 0.05) is 37.8 Å². The Balaban J connectivity index is 0.00000312. The smallest absolute Gasteiger partial charge is 0.254 e. The van der Waals surface area contributed by atoms with Crippen LogP contribution in [0.5, 0.6) is 0 Å². The van der Waals surface area contributed by atoms with E-state index in [9.17, 15) is 13.2 Å². The van der Waals surface area contributed by atoms with Crippen LogP contribution < -0.4 is 5.73 Å². The molecule has 8 heteroatoms. The molecule has 1 aromatic rings. The first-order valence-electron chi connectivity index (χ1n) is 8.46. The van der Waals surface area contributed by atoms with Gasteiger partial charge < -0.3 is 10.6 Å². The number of amides is 1. The number of nitrogens with two attached hydrogens (primary N) is 1. The summed E-state index contributed by atoms with van der Waals surface area (Å²) in [7, 11) is -3.58. The van der Waals surface area contributed by atoms with E-state index in [-0.39, 0.29) is 29.3 Å². The normalized spacial score (nSPS) is 18.1. The number of carbonyl (C=O) groups is 1. The summed E-state index contributed by atoms with van der Waals surface area (Å²) >= 11 is 0. The number of nitrogens with zero attached hydrogens (tertiary/aromatic N) is 2. The Labute approximate surface area is 156 Å². The fraction of sp³-hybridized carbons (Fsp3) is 0.588. The maximum atomic E-state index is 12.8. The minimum atomic E-state index is -3.58. The minimum absolute atomic E-state index is 0. The average Bonchev–Trinajstić information content (AvgIpc) is 2.55. The molecular weight excluding hydrogens is 362 g/mol. The molecule has 2 rings (SSSR count). The number of piperidine rings is 1. The van der Waals surface area contributed by atoms with Crippen molar-refractivity contribution in [3.05, 3.63) is 29.3 Å². The largest absolute Gasteiger partial charge is 0.337 e. The van der Waals surface area contributed by atoms with E-state index in [0.29, 0.717) is 31.7 Å². The summed E-state index contributed by atoms with van der Waals surface area (Å²) < 4.78 is 26.8. The fourth-order valence-corrected chi connectivity index (χ4v) is 4.55. The zero-order valence-corrected chi connectivity index (χ0v) is 16.7. The van der Waals surface area contributed by atoms with E-state index in [1.165, 1.54) is 10.4 Å². The van der Waals surface area contributed by atoms with Crippen LogP contribution in [0.4, 0.5) is 0 Å². The van der Waals surface area contributed by atoms with Gasteiger partial charge in [-0.25, -0.2) is 8.42 Å². The standard InChI is InChI=1S/C17H27N3O3S.ClH/c1-4-20(5-2)24(22,23)15-9-8-13(3)16(11-15)17(21)19-10-6-7-14(18)12-19;/h8-9,11,14H,4-7,10,12,18H2,1-3H3;1H. The van der Waals surface area contributed by atoms with E-state index in [0.717, 1.165) is 18.4 Å². The SMILES string of the molecule is CCN(CC)S(=O)(=O)c1ccc(C)c(C(=O)N2CCCC(N)C2)c1.Cl. The molecule has 0 radical (unpaired) electrons. The van der Waals surface area contributed by atoms with Gasteiger partial charge in [-0.2, -0.15) is 4.31 Å². The lowest BCUT2D eigenvalue weighted by Crippen LogP contribution is -2.45. The topological polar surface area (TPSA) is 83.7 Å². The first-order valence-corrected chi connectivity index (χ1v) is 9.90. The maximum Gasteiger partial charge on any atom is 0.254 e. The molecule has 142 valence electrons. The van der Waals surface area contributed by atoms with Gasteiger partial charge in [0.2, 0.25) is 10.0 Å². The quantitative estimate of drug-likeness (QED) is 0.834. The number of benzene rings is 1. The van der Waals surface area contributed by atoms with Crippen LogP contribution in [0.25, 0.3) is 0 Å². The molecule has 0 aromatic heterocycles. The van der Waals surface area contributed by atoms with Crippen LogP contribution in [0.15, 0.2) is 23.1 Å². The molecule has 1 unspecified atom stereocenters. The number of hydrogen-bond donors (Lipinski definition) is 1. The van der Waals surface area contributed by atoms with Gasteiger partial charge in [-0.15, -0.1) is 12.4 Å². The molecule has 0 saturated carbocycles. The van der Waals surface area contributed by atoms with Crippen molar-refractivity contribution in [2.75, 3.05) is 26.2 Å². The van der Waals surface area contributed by atoms with E-state index >= 15 is 0 Å².